The third kappa shape index (κ3) is 9.74. The van der Waals surface area contributed by atoms with E-state index in [2.05, 4.69) is 31.1 Å². The minimum atomic E-state index is -0.342. The number of ether oxygens (including phenoxy) is 1. The molecule has 186 valence electrons. The summed E-state index contributed by atoms with van der Waals surface area (Å²) in [7, 11) is 1.88. The normalized spacial score (nSPS) is 13.1. The molecule has 0 saturated heterocycles. The van der Waals surface area contributed by atoms with Gasteiger partial charge in [-0.1, -0.05) is 80.4 Å². The Labute approximate surface area is 211 Å². The van der Waals surface area contributed by atoms with Crippen molar-refractivity contribution in [2.24, 2.45) is 0 Å². The van der Waals surface area contributed by atoms with Crippen molar-refractivity contribution >= 4 is 17.5 Å². The number of carbonyl (C=O) groups is 1. The van der Waals surface area contributed by atoms with E-state index in [4.69, 9.17) is 16.3 Å². The van der Waals surface area contributed by atoms with Crippen molar-refractivity contribution in [3.8, 4) is 5.75 Å². The van der Waals surface area contributed by atoms with Crippen molar-refractivity contribution < 1.29 is 9.53 Å². The molecule has 0 radical (unpaired) electrons. The van der Waals surface area contributed by atoms with Gasteiger partial charge in [-0.25, -0.2) is 0 Å². The topological polar surface area (TPSA) is 50.4 Å². The number of hydrogen-bond acceptors (Lipinski definition) is 3. The Bertz CT molecular complexity index is 949. The smallest absolute Gasteiger partial charge is 0.252 e. The molecule has 5 heteroatoms. The van der Waals surface area contributed by atoms with Crippen LogP contribution in [0.25, 0.3) is 0 Å². The maximum Gasteiger partial charge on any atom is 0.252 e. The molecule has 0 unspecified atom stereocenters. The zero-order valence-electron chi connectivity index (χ0n) is 21.6. The summed E-state index contributed by atoms with van der Waals surface area (Å²) < 4.78 is 5.68. The highest BCUT2D eigenvalue weighted by Crippen LogP contribution is 2.48. The molecule has 1 saturated carbocycles. The largest absolute Gasteiger partial charge is 0.492 e. The Kier molecular flexibility index (Phi) is 13.3. The number of rotatable bonds is 8. The number of benzene rings is 2. The van der Waals surface area contributed by atoms with E-state index in [0.717, 1.165) is 36.1 Å². The molecular weight excluding hydrogens is 444 g/mol. The van der Waals surface area contributed by atoms with Gasteiger partial charge in [-0.3, -0.25) is 4.79 Å². The van der Waals surface area contributed by atoms with Gasteiger partial charge in [-0.2, -0.15) is 0 Å². The molecule has 1 fully saturated rings. The summed E-state index contributed by atoms with van der Waals surface area (Å²) in [5.41, 5.74) is 3.32. The Hall–Kier alpha value is -2.56. The molecule has 2 aromatic rings. The zero-order chi connectivity index (χ0) is 25.6. The second kappa shape index (κ2) is 15.4. The van der Waals surface area contributed by atoms with Gasteiger partial charge >= 0.3 is 0 Å². The highest BCUT2D eigenvalue weighted by atomic mass is 35.5. The SMILES string of the molecule is C=C(C)/C=C\C.CCC.CNCCOc1ccc(C)c(C(=O)NC2(c3ccccc3Cl)CC2)c1. The summed E-state index contributed by atoms with van der Waals surface area (Å²) >= 11 is 6.33. The second-order valence-electron chi connectivity index (χ2n) is 8.50. The molecule has 0 heterocycles. The summed E-state index contributed by atoms with van der Waals surface area (Å²) in [4.78, 5) is 12.9. The monoisotopic (exact) mass is 484 g/mol. The summed E-state index contributed by atoms with van der Waals surface area (Å²) in [6.07, 6.45) is 7.00. The standard InChI is InChI=1S/C20H23ClN2O2.C6H10.C3H8/c1-14-7-8-15(25-12-11-22-2)13-16(14)19(24)23-20(9-10-20)17-5-3-4-6-18(17)21;1-4-5-6(2)3;1-3-2/h3-8,13,22H,9-12H2,1-2H3,(H,23,24);4-5H,2H2,1,3H3;3H2,1-2H3/b;5-4-;. The number of likely N-dealkylation sites (N-methyl/N-ethyl adjacent to an activating group) is 1. The molecule has 2 N–H and O–H groups in total. The summed E-state index contributed by atoms with van der Waals surface area (Å²) in [5.74, 6) is 0.613. The summed E-state index contributed by atoms with van der Waals surface area (Å²) in [5, 5.41) is 6.91. The van der Waals surface area contributed by atoms with E-state index in [0.29, 0.717) is 22.9 Å². The van der Waals surface area contributed by atoms with E-state index in [1.54, 1.807) is 0 Å². The number of amides is 1. The molecule has 34 heavy (non-hydrogen) atoms. The predicted octanol–water partition coefficient (Wildman–Crippen LogP) is 7.22. The van der Waals surface area contributed by atoms with Crippen molar-refractivity contribution in [1.29, 1.82) is 0 Å². The Morgan fingerprint density at radius 2 is 1.85 bits per heavy atom. The molecule has 1 amide bonds. The van der Waals surface area contributed by atoms with Gasteiger partial charge in [0, 0.05) is 17.1 Å². The van der Waals surface area contributed by atoms with Crippen molar-refractivity contribution in [3.63, 3.8) is 0 Å². The highest BCUT2D eigenvalue weighted by molar-refractivity contribution is 6.31. The van der Waals surface area contributed by atoms with Gasteiger partial charge in [-0.15, -0.1) is 0 Å². The van der Waals surface area contributed by atoms with E-state index in [-0.39, 0.29) is 11.4 Å². The number of aryl methyl sites for hydroxylation is 1. The van der Waals surface area contributed by atoms with Crippen LogP contribution in [0.3, 0.4) is 0 Å². The summed E-state index contributed by atoms with van der Waals surface area (Å²) in [6.45, 7) is 15.1. The van der Waals surface area contributed by atoms with Gasteiger partial charge in [0.05, 0.1) is 5.54 Å². The van der Waals surface area contributed by atoms with Crippen LogP contribution in [0.1, 0.15) is 68.4 Å². The lowest BCUT2D eigenvalue weighted by molar-refractivity contribution is 0.0929. The molecule has 0 aromatic heterocycles. The number of carbonyl (C=O) groups excluding carboxylic acids is 1. The number of allylic oxidation sites excluding steroid dienone is 3. The third-order valence-electron chi connectivity index (χ3n) is 5.02. The van der Waals surface area contributed by atoms with Gasteiger partial charge in [0.1, 0.15) is 12.4 Å². The van der Waals surface area contributed by atoms with Crippen molar-refractivity contribution in [1.82, 2.24) is 10.6 Å². The lowest BCUT2D eigenvalue weighted by atomic mass is 10.0. The zero-order valence-corrected chi connectivity index (χ0v) is 22.4. The van der Waals surface area contributed by atoms with Crippen LogP contribution >= 0.6 is 11.6 Å². The fraction of sp³-hybridized carbons (Fsp3) is 0.414. The molecule has 2 aromatic carbocycles. The summed E-state index contributed by atoms with van der Waals surface area (Å²) in [6, 6.07) is 13.3. The van der Waals surface area contributed by atoms with Crippen LogP contribution in [0.4, 0.5) is 0 Å². The van der Waals surface area contributed by atoms with E-state index >= 15 is 0 Å². The van der Waals surface area contributed by atoms with Crippen LogP contribution in [0.15, 0.2) is 66.8 Å². The number of hydrogen-bond donors (Lipinski definition) is 2. The fourth-order valence-electron chi connectivity index (χ4n) is 3.21. The first-order valence-electron chi connectivity index (χ1n) is 12.0. The van der Waals surface area contributed by atoms with Gasteiger partial charge in [-0.05, 0) is 70.0 Å². The molecular formula is C29H41ClN2O2. The first-order valence-corrected chi connectivity index (χ1v) is 12.4. The number of halogens is 1. The maximum absolute atomic E-state index is 12.9. The number of nitrogens with one attached hydrogen (secondary N) is 2. The lowest BCUT2D eigenvalue weighted by Gasteiger charge is -2.20. The molecule has 0 spiro atoms. The van der Waals surface area contributed by atoms with Crippen LogP contribution in [-0.2, 0) is 5.54 Å². The fourth-order valence-corrected chi connectivity index (χ4v) is 3.53. The van der Waals surface area contributed by atoms with Crippen LogP contribution in [0.5, 0.6) is 5.75 Å². The molecule has 1 aliphatic carbocycles. The van der Waals surface area contributed by atoms with Crippen molar-refractivity contribution in [2.75, 3.05) is 20.2 Å². The van der Waals surface area contributed by atoms with Crippen LogP contribution < -0.4 is 15.4 Å². The van der Waals surface area contributed by atoms with Gasteiger partial charge < -0.3 is 15.4 Å². The third-order valence-corrected chi connectivity index (χ3v) is 5.35. The van der Waals surface area contributed by atoms with E-state index in [1.165, 1.54) is 6.42 Å². The average Bonchev–Trinajstić information content (AvgIpc) is 3.56. The molecule has 4 nitrogen and oxygen atoms in total. The Morgan fingerprint density at radius 3 is 2.35 bits per heavy atom. The van der Waals surface area contributed by atoms with Crippen molar-refractivity contribution in [3.05, 3.63) is 88.5 Å². The first-order chi connectivity index (χ1) is 16.2. The molecule has 0 atom stereocenters. The van der Waals surface area contributed by atoms with Crippen LogP contribution in [-0.4, -0.2) is 26.1 Å². The molecule has 0 bridgehead atoms. The minimum absolute atomic E-state index is 0.0889. The highest BCUT2D eigenvalue weighted by Gasteiger charge is 2.47. The predicted molar refractivity (Wildman–Crippen MR) is 146 cm³/mol. The van der Waals surface area contributed by atoms with Gasteiger partial charge in [0.2, 0.25) is 0 Å². The average molecular weight is 485 g/mol. The van der Waals surface area contributed by atoms with Crippen LogP contribution in [0, 0.1) is 6.92 Å². The Balaban J connectivity index is 0.000000551. The quantitative estimate of drug-likeness (QED) is 0.307. The molecule has 0 aliphatic heterocycles. The van der Waals surface area contributed by atoms with Gasteiger partial charge in [0.15, 0.2) is 0 Å². The Morgan fingerprint density at radius 1 is 1.21 bits per heavy atom. The van der Waals surface area contributed by atoms with Crippen molar-refractivity contribution in [2.45, 2.75) is 59.4 Å². The van der Waals surface area contributed by atoms with E-state index < -0.39 is 0 Å². The maximum atomic E-state index is 12.9. The minimum Gasteiger partial charge on any atom is -0.492 e. The van der Waals surface area contributed by atoms with E-state index in [1.807, 2.05) is 82.4 Å². The first kappa shape index (κ1) is 29.5. The molecule has 1 aliphatic rings. The lowest BCUT2D eigenvalue weighted by Crippen LogP contribution is -2.35. The van der Waals surface area contributed by atoms with Crippen LogP contribution in [0.2, 0.25) is 5.02 Å². The molecule has 3 rings (SSSR count). The second-order valence-corrected chi connectivity index (χ2v) is 8.91. The van der Waals surface area contributed by atoms with E-state index in [9.17, 15) is 4.79 Å². The van der Waals surface area contributed by atoms with Gasteiger partial charge in [0.25, 0.3) is 5.91 Å².